The van der Waals surface area contributed by atoms with E-state index in [1.807, 2.05) is 0 Å². The molecular weight excluding hydrogens is 196 g/mol. The smallest absolute Gasteiger partial charge is 0.282 e. The Morgan fingerprint density at radius 3 is 2.62 bits per heavy atom. The summed E-state index contributed by atoms with van der Waals surface area (Å²) < 4.78 is 0. The molecule has 0 aliphatic rings. The predicted octanol–water partition coefficient (Wildman–Crippen LogP) is 1.35. The first kappa shape index (κ1) is 9.47. The lowest BCUT2D eigenvalue weighted by Crippen LogP contribution is -2.13. The van der Waals surface area contributed by atoms with Crippen LogP contribution in [-0.2, 0) is 0 Å². The number of halogens is 1. The summed E-state index contributed by atoms with van der Waals surface area (Å²) in [4.78, 5) is 20.4. The maximum Gasteiger partial charge on any atom is 0.282 e. The molecule has 1 aromatic rings. The second-order valence-electron chi connectivity index (χ2n) is 2.28. The highest BCUT2D eigenvalue weighted by molar-refractivity contribution is 6.31. The van der Waals surface area contributed by atoms with Crippen molar-refractivity contribution in [3.63, 3.8) is 0 Å². The fraction of sp³-hybridized carbons (Fsp3) is 0. The van der Waals surface area contributed by atoms with Gasteiger partial charge in [-0.3, -0.25) is 14.9 Å². The van der Waals surface area contributed by atoms with Gasteiger partial charge < -0.3 is 5.73 Å². The number of nitrogens with zero attached hydrogens (tertiary/aromatic N) is 1. The Morgan fingerprint density at radius 1 is 1.54 bits per heavy atom. The predicted molar refractivity (Wildman–Crippen MR) is 46.6 cm³/mol. The first-order valence-corrected chi connectivity index (χ1v) is 3.64. The van der Waals surface area contributed by atoms with Crippen LogP contribution in [0, 0.1) is 10.1 Å². The fourth-order valence-corrected chi connectivity index (χ4v) is 1.04. The summed E-state index contributed by atoms with van der Waals surface area (Å²) in [5, 5.41) is 10.6. The van der Waals surface area contributed by atoms with Crippen LogP contribution in [0.2, 0.25) is 5.02 Å². The van der Waals surface area contributed by atoms with Gasteiger partial charge in [-0.1, -0.05) is 11.6 Å². The maximum atomic E-state index is 10.7. The highest BCUT2D eigenvalue weighted by Crippen LogP contribution is 2.21. The van der Waals surface area contributed by atoms with Crippen molar-refractivity contribution in [3.05, 3.63) is 38.9 Å². The first-order chi connectivity index (χ1) is 6.02. The first-order valence-electron chi connectivity index (χ1n) is 3.26. The highest BCUT2D eigenvalue weighted by Gasteiger charge is 2.17. The van der Waals surface area contributed by atoms with E-state index in [1.54, 1.807) is 0 Å². The molecule has 0 heterocycles. The summed E-state index contributed by atoms with van der Waals surface area (Å²) in [6, 6.07) is 3.64. The van der Waals surface area contributed by atoms with Gasteiger partial charge in [-0.2, -0.15) is 0 Å². The molecule has 0 radical (unpaired) electrons. The molecule has 0 bridgehead atoms. The van der Waals surface area contributed by atoms with E-state index < -0.39 is 10.8 Å². The zero-order valence-electron chi connectivity index (χ0n) is 6.36. The lowest BCUT2D eigenvalue weighted by molar-refractivity contribution is -0.385. The maximum absolute atomic E-state index is 10.7. The number of nitro benzene ring substituents is 1. The highest BCUT2D eigenvalue weighted by atomic mass is 35.5. The molecule has 0 saturated heterocycles. The van der Waals surface area contributed by atoms with E-state index in [4.69, 9.17) is 17.3 Å². The van der Waals surface area contributed by atoms with Crippen LogP contribution in [0.4, 0.5) is 5.69 Å². The van der Waals surface area contributed by atoms with E-state index in [0.29, 0.717) is 0 Å². The van der Waals surface area contributed by atoms with Gasteiger partial charge in [0.25, 0.3) is 11.6 Å². The van der Waals surface area contributed by atoms with Gasteiger partial charge in [0.15, 0.2) is 0 Å². The number of carbonyl (C=O) groups excluding carboxylic acids is 1. The monoisotopic (exact) mass is 200 g/mol. The van der Waals surface area contributed by atoms with Gasteiger partial charge in [0, 0.05) is 11.1 Å². The minimum atomic E-state index is -0.866. The average molecular weight is 201 g/mol. The van der Waals surface area contributed by atoms with Crippen LogP contribution in [0.3, 0.4) is 0 Å². The lowest BCUT2D eigenvalue weighted by Gasteiger charge is -1.98. The zero-order valence-corrected chi connectivity index (χ0v) is 7.12. The largest absolute Gasteiger partial charge is 0.365 e. The molecule has 0 aliphatic heterocycles. The van der Waals surface area contributed by atoms with Crippen LogP contribution in [0.5, 0.6) is 0 Å². The molecule has 0 saturated carbocycles. The summed E-state index contributed by atoms with van der Waals surface area (Å²) >= 11 is 5.54. The molecule has 0 aliphatic carbocycles. The van der Waals surface area contributed by atoms with Crippen molar-refractivity contribution in [2.45, 2.75) is 0 Å². The van der Waals surface area contributed by atoms with Crippen LogP contribution in [0.25, 0.3) is 0 Å². The molecule has 0 fully saturated rings. The SMILES string of the molecule is NC(=O)c1cc(Cl)ccc1[N+](=O)[O-]. The average Bonchev–Trinajstić information content (AvgIpc) is 2.03. The zero-order chi connectivity index (χ0) is 10.0. The third-order valence-electron chi connectivity index (χ3n) is 1.42. The van der Waals surface area contributed by atoms with E-state index in [9.17, 15) is 14.9 Å². The Hall–Kier alpha value is -1.62. The Labute approximate surface area is 78.3 Å². The van der Waals surface area contributed by atoms with Crippen LogP contribution >= 0.6 is 11.6 Å². The van der Waals surface area contributed by atoms with Crippen LogP contribution < -0.4 is 5.73 Å². The molecule has 68 valence electrons. The van der Waals surface area contributed by atoms with Crippen LogP contribution in [0.1, 0.15) is 10.4 Å². The Kier molecular flexibility index (Phi) is 2.48. The normalized spacial score (nSPS) is 9.62. The minimum absolute atomic E-state index is 0.183. The van der Waals surface area contributed by atoms with Crippen molar-refractivity contribution < 1.29 is 9.72 Å². The van der Waals surface area contributed by atoms with Crippen LogP contribution in [-0.4, -0.2) is 10.8 Å². The van der Waals surface area contributed by atoms with E-state index >= 15 is 0 Å². The molecule has 2 N–H and O–H groups in total. The molecule has 6 heteroatoms. The van der Waals surface area contributed by atoms with Gasteiger partial charge in [-0.25, -0.2) is 0 Å². The number of hydrogen-bond donors (Lipinski definition) is 1. The van der Waals surface area contributed by atoms with E-state index in [2.05, 4.69) is 0 Å². The summed E-state index contributed by atoms with van der Waals surface area (Å²) in [5.74, 6) is -0.866. The summed E-state index contributed by atoms with van der Waals surface area (Å²) in [5.41, 5.74) is 4.40. The number of nitro groups is 1. The third kappa shape index (κ3) is 1.94. The molecule has 1 amide bonds. The summed E-state index contributed by atoms with van der Waals surface area (Å²) in [7, 11) is 0. The topological polar surface area (TPSA) is 86.2 Å². The van der Waals surface area contributed by atoms with Gasteiger partial charge in [0.2, 0.25) is 0 Å². The standard InChI is InChI=1S/C7H5ClN2O3/c8-4-1-2-6(10(12)13)5(3-4)7(9)11/h1-3H,(H2,9,11). The van der Waals surface area contributed by atoms with Gasteiger partial charge in [-0.15, -0.1) is 0 Å². The lowest BCUT2D eigenvalue weighted by atomic mass is 10.2. The van der Waals surface area contributed by atoms with E-state index in [-0.39, 0.29) is 16.3 Å². The van der Waals surface area contributed by atoms with Gasteiger partial charge >= 0.3 is 0 Å². The van der Waals surface area contributed by atoms with Crippen molar-refractivity contribution in [2.75, 3.05) is 0 Å². The molecule has 0 unspecified atom stereocenters. The Morgan fingerprint density at radius 2 is 2.15 bits per heavy atom. The second-order valence-corrected chi connectivity index (χ2v) is 2.72. The molecular formula is C7H5ClN2O3. The molecule has 0 aromatic heterocycles. The molecule has 1 rings (SSSR count). The van der Waals surface area contributed by atoms with Gasteiger partial charge in [0.05, 0.1) is 4.92 Å². The van der Waals surface area contributed by atoms with E-state index in [1.165, 1.54) is 12.1 Å². The van der Waals surface area contributed by atoms with Crippen molar-refractivity contribution in [2.24, 2.45) is 5.73 Å². The minimum Gasteiger partial charge on any atom is -0.365 e. The van der Waals surface area contributed by atoms with E-state index in [0.717, 1.165) is 6.07 Å². The number of primary amides is 1. The number of rotatable bonds is 2. The Balaban J connectivity index is 3.35. The molecule has 0 atom stereocenters. The quantitative estimate of drug-likeness (QED) is 0.577. The van der Waals surface area contributed by atoms with Crippen molar-refractivity contribution in [3.8, 4) is 0 Å². The van der Waals surface area contributed by atoms with Crippen LogP contribution in [0.15, 0.2) is 18.2 Å². The van der Waals surface area contributed by atoms with Gasteiger partial charge in [0.1, 0.15) is 5.56 Å². The number of nitrogens with two attached hydrogens (primary N) is 1. The molecule has 1 aromatic carbocycles. The summed E-state index contributed by atoms with van der Waals surface area (Å²) in [6.45, 7) is 0. The number of benzene rings is 1. The molecule has 5 nitrogen and oxygen atoms in total. The van der Waals surface area contributed by atoms with Crippen molar-refractivity contribution in [1.29, 1.82) is 0 Å². The van der Waals surface area contributed by atoms with Crippen molar-refractivity contribution >= 4 is 23.2 Å². The molecule has 0 spiro atoms. The van der Waals surface area contributed by atoms with Crippen molar-refractivity contribution in [1.82, 2.24) is 0 Å². The Bertz CT molecular complexity index is 378. The molecule has 13 heavy (non-hydrogen) atoms. The third-order valence-corrected chi connectivity index (χ3v) is 1.66. The number of hydrogen-bond acceptors (Lipinski definition) is 3. The number of amides is 1. The fourth-order valence-electron chi connectivity index (χ4n) is 0.865. The second kappa shape index (κ2) is 3.40. The number of carbonyl (C=O) groups is 1. The summed E-state index contributed by atoms with van der Waals surface area (Å²) in [6.07, 6.45) is 0. The van der Waals surface area contributed by atoms with Gasteiger partial charge in [-0.05, 0) is 12.1 Å².